The van der Waals surface area contributed by atoms with Crippen LogP contribution < -0.4 is 10.3 Å². The first-order chi connectivity index (χ1) is 18.7. The second-order valence-corrected chi connectivity index (χ2v) is 10.5. The van der Waals surface area contributed by atoms with Crippen molar-refractivity contribution in [2.24, 2.45) is 0 Å². The molecular formula is C31H32Cl2N2O4. The number of carbonyl (C=O) groups excluding carboxylic acids is 1. The number of pyridine rings is 1. The van der Waals surface area contributed by atoms with Gasteiger partial charge >= 0.3 is 5.97 Å². The second kappa shape index (κ2) is 12.6. The van der Waals surface area contributed by atoms with Crippen LogP contribution in [-0.2, 0) is 17.7 Å². The summed E-state index contributed by atoms with van der Waals surface area (Å²) in [6, 6.07) is 18.8. The number of halogens is 2. The van der Waals surface area contributed by atoms with Crippen molar-refractivity contribution in [3.63, 3.8) is 0 Å². The molecule has 204 valence electrons. The lowest BCUT2D eigenvalue weighted by atomic mass is 9.87. The fourth-order valence-corrected chi connectivity index (χ4v) is 5.15. The number of ether oxygens (including phenoxy) is 2. The topological polar surface area (TPSA) is 62.5 Å². The van der Waals surface area contributed by atoms with Crippen molar-refractivity contribution in [2.45, 2.75) is 45.7 Å². The molecule has 8 heteroatoms. The van der Waals surface area contributed by atoms with Crippen molar-refractivity contribution < 1.29 is 14.3 Å². The van der Waals surface area contributed by atoms with Gasteiger partial charge in [0.25, 0.3) is 5.56 Å². The van der Waals surface area contributed by atoms with E-state index in [1.807, 2.05) is 67.0 Å². The van der Waals surface area contributed by atoms with Gasteiger partial charge in [0.15, 0.2) is 0 Å². The van der Waals surface area contributed by atoms with Gasteiger partial charge in [-0.05, 0) is 80.3 Å². The smallest absolute Gasteiger partial charge is 0.339 e. The second-order valence-electron chi connectivity index (χ2n) is 9.62. The fourth-order valence-electron chi connectivity index (χ4n) is 4.78. The summed E-state index contributed by atoms with van der Waals surface area (Å²) in [4.78, 5) is 26.0. The molecule has 2 heterocycles. The molecule has 4 rings (SSSR count). The number of hydrogen-bond acceptors (Lipinski definition) is 4. The Bertz CT molecular complexity index is 1490. The average Bonchev–Trinajstić information content (AvgIpc) is 3.37. The number of benzene rings is 2. The molecule has 0 aliphatic heterocycles. The first kappa shape index (κ1) is 28.5. The minimum Gasteiger partial charge on any atom is -0.497 e. The van der Waals surface area contributed by atoms with Crippen LogP contribution in [0.1, 0.15) is 65.5 Å². The minimum absolute atomic E-state index is 0.102. The van der Waals surface area contributed by atoms with Gasteiger partial charge < -0.3 is 18.6 Å². The van der Waals surface area contributed by atoms with Crippen molar-refractivity contribution in [1.82, 2.24) is 9.13 Å². The zero-order chi connectivity index (χ0) is 28.1. The predicted molar refractivity (Wildman–Crippen MR) is 156 cm³/mol. The van der Waals surface area contributed by atoms with Crippen molar-refractivity contribution in [3.8, 4) is 5.75 Å². The molecule has 1 unspecified atom stereocenters. The molecule has 0 spiro atoms. The SMILES string of the molecule is CCOC(=O)c1ccn(C(C)C)c1C(Cc1cc(Cl)c(=O)n(Cc2ccc(OC)cc2)c1)c1ccc(Cl)cc1. The first-order valence-electron chi connectivity index (χ1n) is 12.9. The standard InChI is InChI=1S/C31H32Cl2N2O4/c1-5-39-31(37)26-14-15-35(20(2)3)29(26)27(23-8-10-24(32)11-9-23)16-22-17-28(33)30(36)34(19-22)18-21-6-12-25(38-4)13-7-21/h6-15,17,19-20,27H,5,16,18H2,1-4H3. The summed E-state index contributed by atoms with van der Waals surface area (Å²) in [5, 5.41) is 0.763. The number of hydrogen-bond donors (Lipinski definition) is 0. The Labute approximate surface area is 238 Å². The van der Waals surface area contributed by atoms with Crippen LogP contribution in [0.5, 0.6) is 5.75 Å². The molecule has 0 saturated heterocycles. The van der Waals surface area contributed by atoms with E-state index in [0.717, 1.165) is 28.1 Å². The number of esters is 1. The molecule has 6 nitrogen and oxygen atoms in total. The third-order valence-electron chi connectivity index (χ3n) is 6.66. The fraction of sp³-hybridized carbons (Fsp3) is 0.290. The van der Waals surface area contributed by atoms with Crippen LogP contribution in [0.25, 0.3) is 0 Å². The molecule has 39 heavy (non-hydrogen) atoms. The number of aromatic nitrogens is 2. The zero-order valence-corrected chi connectivity index (χ0v) is 24.0. The number of methoxy groups -OCH3 is 1. The van der Waals surface area contributed by atoms with Crippen molar-refractivity contribution in [3.05, 3.63) is 121 Å². The molecular weight excluding hydrogens is 535 g/mol. The predicted octanol–water partition coefficient (Wildman–Crippen LogP) is 7.15. The van der Waals surface area contributed by atoms with Gasteiger partial charge in [-0.25, -0.2) is 4.79 Å². The summed E-state index contributed by atoms with van der Waals surface area (Å²) in [6.45, 7) is 6.58. The highest BCUT2D eigenvalue weighted by Gasteiger charge is 2.27. The van der Waals surface area contributed by atoms with E-state index < -0.39 is 0 Å². The van der Waals surface area contributed by atoms with Crippen molar-refractivity contribution in [2.75, 3.05) is 13.7 Å². The van der Waals surface area contributed by atoms with Crippen LogP contribution >= 0.6 is 23.2 Å². The van der Waals surface area contributed by atoms with Gasteiger partial charge in [-0.15, -0.1) is 0 Å². The van der Waals surface area contributed by atoms with E-state index in [9.17, 15) is 9.59 Å². The van der Waals surface area contributed by atoms with Crippen LogP contribution in [-0.4, -0.2) is 28.8 Å². The van der Waals surface area contributed by atoms with Crippen LogP contribution in [0.15, 0.2) is 77.9 Å². The van der Waals surface area contributed by atoms with E-state index in [1.165, 1.54) is 0 Å². The lowest BCUT2D eigenvalue weighted by Crippen LogP contribution is -2.23. The number of rotatable bonds is 10. The molecule has 0 amide bonds. The molecule has 0 N–H and O–H groups in total. The molecule has 2 aromatic carbocycles. The van der Waals surface area contributed by atoms with E-state index in [-0.39, 0.29) is 35.1 Å². The lowest BCUT2D eigenvalue weighted by Gasteiger charge is -2.24. The molecule has 1 atom stereocenters. The molecule has 4 aromatic rings. The Morgan fingerprint density at radius 2 is 1.67 bits per heavy atom. The summed E-state index contributed by atoms with van der Waals surface area (Å²) in [5.41, 5.74) is 3.88. The maximum Gasteiger partial charge on any atom is 0.339 e. The van der Waals surface area contributed by atoms with E-state index >= 15 is 0 Å². The largest absolute Gasteiger partial charge is 0.497 e. The normalized spacial score (nSPS) is 12.0. The van der Waals surface area contributed by atoms with Gasteiger partial charge in [0.1, 0.15) is 10.8 Å². The first-order valence-corrected chi connectivity index (χ1v) is 13.6. The molecule has 2 aromatic heterocycles. The lowest BCUT2D eigenvalue weighted by molar-refractivity contribution is 0.0524. The number of nitrogens with zero attached hydrogens (tertiary/aromatic N) is 2. The van der Waals surface area contributed by atoms with Gasteiger partial charge in [0.2, 0.25) is 0 Å². The monoisotopic (exact) mass is 566 g/mol. The summed E-state index contributed by atoms with van der Waals surface area (Å²) in [5.74, 6) is 0.143. The van der Waals surface area contributed by atoms with Gasteiger partial charge in [-0.3, -0.25) is 4.79 Å². The third-order valence-corrected chi connectivity index (χ3v) is 7.18. The van der Waals surface area contributed by atoms with E-state index in [0.29, 0.717) is 23.6 Å². The van der Waals surface area contributed by atoms with Gasteiger partial charge in [0.05, 0.1) is 25.8 Å². The van der Waals surface area contributed by atoms with Gasteiger partial charge in [-0.2, -0.15) is 0 Å². The van der Waals surface area contributed by atoms with Gasteiger partial charge in [0, 0.05) is 35.1 Å². The Hall–Kier alpha value is -3.48. The zero-order valence-electron chi connectivity index (χ0n) is 22.5. The van der Waals surface area contributed by atoms with Crippen LogP contribution in [0, 0.1) is 0 Å². The quantitative estimate of drug-likeness (QED) is 0.191. The molecule has 0 aliphatic carbocycles. The summed E-state index contributed by atoms with van der Waals surface area (Å²) < 4.78 is 14.4. The van der Waals surface area contributed by atoms with Crippen LogP contribution in [0.3, 0.4) is 0 Å². The molecule has 0 bridgehead atoms. The summed E-state index contributed by atoms with van der Waals surface area (Å²) in [7, 11) is 1.61. The highest BCUT2D eigenvalue weighted by molar-refractivity contribution is 6.30. The Morgan fingerprint density at radius 3 is 2.28 bits per heavy atom. The highest BCUT2D eigenvalue weighted by Crippen LogP contribution is 2.35. The van der Waals surface area contributed by atoms with Crippen molar-refractivity contribution >= 4 is 29.2 Å². The van der Waals surface area contributed by atoms with Crippen LogP contribution in [0.4, 0.5) is 0 Å². The third kappa shape index (κ3) is 6.57. The van der Waals surface area contributed by atoms with E-state index in [1.54, 1.807) is 24.7 Å². The highest BCUT2D eigenvalue weighted by atomic mass is 35.5. The average molecular weight is 568 g/mol. The van der Waals surface area contributed by atoms with Gasteiger partial charge in [-0.1, -0.05) is 47.5 Å². The molecule has 0 saturated carbocycles. The van der Waals surface area contributed by atoms with E-state index in [2.05, 4.69) is 18.4 Å². The maximum atomic E-state index is 13.0. The molecule has 0 radical (unpaired) electrons. The number of carbonyl (C=O) groups is 1. The maximum absolute atomic E-state index is 13.0. The molecule has 0 aliphatic rings. The van der Waals surface area contributed by atoms with Crippen LogP contribution in [0.2, 0.25) is 10.0 Å². The van der Waals surface area contributed by atoms with E-state index in [4.69, 9.17) is 32.7 Å². The Balaban J connectivity index is 1.80. The summed E-state index contributed by atoms with van der Waals surface area (Å²) in [6.07, 6.45) is 4.26. The Kier molecular flexibility index (Phi) is 9.20. The van der Waals surface area contributed by atoms with Crippen molar-refractivity contribution in [1.29, 1.82) is 0 Å². The molecule has 0 fully saturated rings. The Morgan fingerprint density at radius 1 is 0.974 bits per heavy atom. The summed E-state index contributed by atoms with van der Waals surface area (Å²) >= 11 is 12.7. The minimum atomic E-state index is -0.367.